The lowest BCUT2D eigenvalue weighted by Gasteiger charge is -2.41. The van der Waals surface area contributed by atoms with Gasteiger partial charge in [-0.05, 0) is 37.8 Å². The first-order valence-electron chi connectivity index (χ1n) is 6.26. The molecule has 0 aromatic rings. The van der Waals surface area contributed by atoms with Crippen molar-refractivity contribution >= 4 is 5.71 Å². The predicted molar refractivity (Wildman–Crippen MR) is 65.8 cm³/mol. The summed E-state index contributed by atoms with van der Waals surface area (Å²) in [5.74, 6) is 2.29. The van der Waals surface area contributed by atoms with Crippen LogP contribution >= 0.6 is 0 Å². The zero-order chi connectivity index (χ0) is 12.1. The standard InChI is InChI=1S/C13H24N2O/c1-8-9-6-11(13(8,2)3)10(7-15(4)5)12(9)14-16/h8-11,16H,6-7H2,1-5H3/b14-12-/t8-,9+,10-,11+/m0/s1. The quantitative estimate of drug-likeness (QED) is 0.577. The summed E-state index contributed by atoms with van der Waals surface area (Å²) in [6, 6.07) is 0. The van der Waals surface area contributed by atoms with Gasteiger partial charge in [0.05, 0.1) is 5.71 Å². The van der Waals surface area contributed by atoms with Gasteiger partial charge in [0.1, 0.15) is 0 Å². The van der Waals surface area contributed by atoms with Gasteiger partial charge in [-0.25, -0.2) is 0 Å². The van der Waals surface area contributed by atoms with E-state index < -0.39 is 0 Å². The van der Waals surface area contributed by atoms with E-state index in [0.29, 0.717) is 29.1 Å². The summed E-state index contributed by atoms with van der Waals surface area (Å²) in [5.41, 5.74) is 1.45. The smallest absolute Gasteiger partial charge is 0.0651 e. The van der Waals surface area contributed by atoms with Gasteiger partial charge in [-0.3, -0.25) is 0 Å². The largest absolute Gasteiger partial charge is 0.411 e. The molecule has 16 heavy (non-hydrogen) atoms. The minimum Gasteiger partial charge on any atom is -0.411 e. The Hall–Kier alpha value is -0.570. The monoisotopic (exact) mass is 224 g/mol. The van der Waals surface area contributed by atoms with Gasteiger partial charge in [-0.2, -0.15) is 0 Å². The van der Waals surface area contributed by atoms with Crippen LogP contribution in [0.3, 0.4) is 0 Å². The summed E-state index contributed by atoms with van der Waals surface area (Å²) in [5, 5.41) is 12.8. The Kier molecular flexibility index (Phi) is 2.77. The van der Waals surface area contributed by atoms with Crippen LogP contribution < -0.4 is 0 Å². The van der Waals surface area contributed by atoms with E-state index in [1.165, 1.54) is 6.42 Å². The average molecular weight is 224 g/mol. The Balaban J connectivity index is 2.27. The van der Waals surface area contributed by atoms with Gasteiger partial charge in [0, 0.05) is 18.4 Å². The van der Waals surface area contributed by atoms with E-state index in [0.717, 1.165) is 12.3 Å². The first kappa shape index (κ1) is 11.9. The van der Waals surface area contributed by atoms with Crippen LogP contribution in [-0.2, 0) is 0 Å². The highest BCUT2D eigenvalue weighted by molar-refractivity contribution is 5.92. The summed E-state index contributed by atoms with van der Waals surface area (Å²) in [4.78, 5) is 2.21. The van der Waals surface area contributed by atoms with Crippen LogP contribution in [0.1, 0.15) is 27.2 Å². The summed E-state index contributed by atoms with van der Waals surface area (Å²) in [6.07, 6.45) is 1.21. The molecule has 3 nitrogen and oxygen atoms in total. The van der Waals surface area contributed by atoms with Crippen molar-refractivity contribution < 1.29 is 5.21 Å². The van der Waals surface area contributed by atoms with Gasteiger partial charge in [-0.1, -0.05) is 25.9 Å². The molecule has 1 N–H and O–H groups in total. The molecule has 0 spiro atoms. The third kappa shape index (κ3) is 1.48. The zero-order valence-corrected chi connectivity index (χ0v) is 11.1. The molecule has 4 atom stereocenters. The van der Waals surface area contributed by atoms with Gasteiger partial charge in [0.25, 0.3) is 0 Å². The maximum absolute atomic E-state index is 9.23. The molecule has 0 aromatic heterocycles. The van der Waals surface area contributed by atoms with E-state index >= 15 is 0 Å². The first-order chi connectivity index (χ1) is 7.39. The second kappa shape index (κ2) is 3.73. The highest BCUT2D eigenvalue weighted by Crippen LogP contribution is 2.60. The fourth-order valence-electron chi connectivity index (χ4n) is 3.94. The lowest BCUT2D eigenvalue weighted by molar-refractivity contribution is 0.128. The Morgan fingerprint density at radius 3 is 2.56 bits per heavy atom. The lowest BCUT2D eigenvalue weighted by atomic mass is 9.64. The Labute approximate surface area is 98.5 Å². The van der Waals surface area contributed by atoms with Gasteiger partial charge >= 0.3 is 0 Å². The van der Waals surface area contributed by atoms with Crippen LogP contribution in [0, 0.1) is 29.1 Å². The number of hydrogen-bond acceptors (Lipinski definition) is 3. The SMILES string of the molecule is C[C@H]1[C@H]2C[C@H]([C@H](CN(C)C)/C2=N\O)C1(C)C. The highest BCUT2D eigenvalue weighted by Gasteiger charge is 2.58. The molecule has 2 bridgehead atoms. The van der Waals surface area contributed by atoms with E-state index in [-0.39, 0.29) is 0 Å². The van der Waals surface area contributed by atoms with Crippen LogP contribution in [0.25, 0.3) is 0 Å². The molecule has 92 valence electrons. The van der Waals surface area contributed by atoms with Crippen molar-refractivity contribution in [2.75, 3.05) is 20.6 Å². The number of rotatable bonds is 2. The average Bonchev–Trinajstić information content (AvgIpc) is 2.63. The van der Waals surface area contributed by atoms with Crippen molar-refractivity contribution in [3.63, 3.8) is 0 Å². The Bertz CT molecular complexity index is 309. The maximum atomic E-state index is 9.23. The third-order valence-electron chi connectivity index (χ3n) is 5.16. The number of fused-ring (bicyclic) bond motifs is 2. The Morgan fingerprint density at radius 1 is 1.44 bits per heavy atom. The molecule has 0 heterocycles. The minimum absolute atomic E-state index is 0.388. The van der Waals surface area contributed by atoms with E-state index in [9.17, 15) is 5.21 Å². The fourth-order valence-corrected chi connectivity index (χ4v) is 3.94. The molecule has 0 radical (unpaired) electrons. The van der Waals surface area contributed by atoms with Crippen LogP contribution in [0.4, 0.5) is 0 Å². The van der Waals surface area contributed by atoms with E-state index in [2.05, 4.69) is 44.9 Å². The molecule has 2 fully saturated rings. The molecule has 0 aliphatic heterocycles. The topological polar surface area (TPSA) is 35.8 Å². The molecule has 3 heteroatoms. The van der Waals surface area contributed by atoms with Crippen LogP contribution in [-0.4, -0.2) is 36.5 Å². The Morgan fingerprint density at radius 2 is 2.06 bits per heavy atom. The van der Waals surface area contributed by atoms with Crippen molar-refractivity contribution in [1.29, 1.82) is 0 Å². The second-order valence-corrected chi connectivity index (χ2v) is 6.45. The molecule has 0 unspecified atom stereocenters. The minimum atomic E-state index is 0.388. The first-order valence-corrected chi connectivity index (χ1v) is 6.26. The summed E-state index contributed by atoms with van der Waals surface area (Å²) in [7, 11) is 4.19. The normalized spacial score (nSPS) is 43.5. The molecule has 0 saturated heterocycles. The van der Waals surface area contributed by atoms with E-state index in [4.69, 9.17) is 0 Å². The second-order valence-electron chi connectivity index (χ2n) is 6.45. The summed E-state index contributed by atoms with van der Waals surface area (Å²) < 4.78 is 0. The van der Waals surface area contributed by atoms with Gasteiger partial charge in [0.2, 0.25) is 0 Å². The molecule has 2 rings (SSSR count). The van der Waals surface area contributed by atoms with Crippen molar-refractivity contribution in [3.8, 4) is 0 Å². The van der Waals surface area contributed by atoms with E-state index in [1.54, 1.807) is 0 Å². The van der Waals surface area contributed by atoms with E-state index in [1.807, 2.05) is 0 Å². The fraction of sp³-hybridized carbons (Fsp3) is 0.923. The third-order valence-corrected chi connectivity index (χ3v) is 5.16. The summed E-state index contributed by atoms with van der Waals surface area (Å²) >= 11 is 0. The molecular formula is C13H24N2O. The molecule has 2 aliphatic rings. The van der Waals surface area contributed by atoms with Gasteiger partial charge < -0.3 is 10.1 Å². The van der Waals surface area contributed by atoms with Gasteiger partial charge in [-0.15, -0.1) is 0 Å². The van der Waals surface area contributed by atoms with Crippen LogP contribution in [0.2, 0.25) is 0 Å². The lowest BCUT2D eigenvalue weighted by Crippen LogP contribution is -2.43. The number of nitrogens with zero attached hydrogens (tertiary/aromatic N) is 2. The molecule has 0 aromatic carbocycles. The van der Waals surface area contributed by atoms with Crippen molar-refractivity contribution in [2.45, 2.75) is 27.2 Å². The molecule has 2 aliphatic carbocycles. The number of oxime groups is 1. The van der Waals surface area contributed by atoms with Crippen LogP contribution in [0.5, 0.6) is 0 Å². The van der Waals surface area contributed by atoms with Crippen molar-refractivity contribution in [2.24, 2.45) is 34.2 Å². The predicted octanol–water partition coefficient (Wildman–Crippen LogP) is 2.31. The highest BCUT2D eigenvalue weighted by atomic mass is 16.4. The van der Waals surface area contributed by atoms with Gasteiger partial charge in [0.15, 0.2) is 0 Å². The number of hydrogen-bond donors (Lipinski definition) is 1. The van der Waals surface area contributed by atoms with Crippen LogP contribution in [0.15, 0.2) is 5.16 Å². The van der Waals surface area contributed by atoms with Crippen molar-refractivity contribution in [3.05, 3.63) is 0 Å². The molecule has 0 amide bonds. The maximum Gasteiger partial charge on any atom is 0.0651 e. The molecule has 2 saturated carbocycles. The zero-order valence-electron chi connectivity index (χ0n) is 11.1. The van der Waals surface area contributed by atoms with Crippen molar-refractivity contribution in [1.82, 2.24) is 4.90 Å². The summed E-state index contributed by atoms with van der Waals surface area (Å²) in [6.45, 7) is 8.07. The molecular weight excluding hydrogens is 200 g/mol.